The summed E-state index contributed by atoms with van der Waals surface area (Å²) in [4.78, 5) is 23.9. The third kappa shape index (κ3) is 4.16. The van der Waals surface area contributed by atoms with E-state index in [-0.39, 0.29) is 17.6 Å². The molecule has 0 radical (unpaired) electrons. The highest BCUT2D eigenvalue weighted by Crippen LogP contribution is 2.31. The number of hydrogen-bond donors (Lipinski definition) is 0. The SMILES string of the molecule is COc1ccc(F)cc1-c1ccc2nc([C@@H]3CCCN(C(=O)c4cccc(C)n4)C3)nn2c1. The molecule has 1 aliphatic heterocycles. The number of carbonyl (C=O) groups excluding carboxylic acids is 1. The monoisotopic (exact) mass is 445 g/mol. The van der Waals surface area contributed by atoms with Gasteiger partial charge in [0.2, 0.25) is 0 Å². The van der Waals surface area contributed by atoms with Crippen LogP contribution in [0, 0.1) is 12.7 Å². The van der Waals surface area contributed by atoms with Crippen molar-refractivity contribution in [3.63, 3.8) is 0 Å². The van der Waals surface area contributed by atoms with Crippen LogP contribution in [0.2, 0.25) is 0 Å². The molecular weight excluding hydrogens is 421 g/mol. The number of aromatic nitrogens is 4. The number of likely N-dealkylation sites (tertiary alicyclic amines) is 1. The van der Waals surface area contributed by atoms with Gasteiger partial charge in [-0.2, -0.15) is 5.10 Å². The lowest BCUT2D eigenvalue weighted by Gasteiger charge is -2.31. The number of piperidine rings is 1. The summed E-state index contributed by atoms with van der Waals surface area (Å²) >= 11 is 0. The minimum Gasteiger partial charge on any atom is -0.496 e. The summed E-state index contributed by atoms with van der Waals surface area (Å²) in [6, 6.07) is 13.7. The van der Waals surface area contributed by atoms with Crippen LogP contribution in [0.1, 0.15) is 40.8 Å². The van der Waals surface area contributed by atoms with E-state index >= 15 is 0 Å². The highest BCUT2D eigenvalue weighted by Gasteiger charge is 2.28. The Morgan fingerprint density at radius 3 is 2.85 bits per heavy atom. The van der Waals surface area contributed by atoms with E-state index in [1.165, 1.54) is 12.1 Å². The molecule has 1 aliphatic rings. The Hall–Kier alpha value is -3.81. The second-order valence-corrected chi connectivity index (χ2v) is 8.29. The average Bonchev–Trinajstić information content (AvgIpc) is 3.27. The van der Waals surface area contributed by atoms with Gasteiger partial charge in [-0.15, -0.1) is 0 Å². The van der Waals surface area contributed by atoms with Crippen molar-refractivity contribution in [2.24, 2.45) is 0 Å². The van der Waals surface area contributed by atoms with Gasteiger partial charge in [0.1, 0.15) is 17.3 Å². The molecule has 1 aromatic carbocycles. The van der Waals surface area contributed by atoms with Gasteiger partial charge >= 0.3 is 0 Å². The van der Waals surface area contributed by atoms with Crippen molar-refractivity contribution in [2.75, 3.05) is 20.2 Å². The van der Waals surface area contributed by atoms with Crippen molar-refractivity contribution in [1.82, 2.24) is 24.5 Å². The highest BCUT2D eigenvalue weighted by atomic mass is 19.1. The Morgan fingerprint density at radius 2 is 2.03 bits per heavy atom. The van der Waals surface area contributed by atoms with Crippen LogP contribution >= 0.6 is 0 Å². The van der Waals surface area contributed by atoms with Crippen LogP contribution in [0.5, 0.6) is 5.75 Å². The smallest absolute Gasteiger partial charge is 0.272 e. The van der Waals surface area contributed by atoms with Gasteiger partial charge in [0.05, 0.1) is 7.11 Å². The summed E-state index contributed by atoms with van der Waals surface area (Å²) < 4.78 is 20.9. The summed E-state index contributed by atoms with van der Waals surface area (Å²) in [5, 5.41) is 4.70. The number of carbonyl (C=O) groups is 1. The lowest BCUT2D eigenvalue weighted by molar-refractivity contribution is 0.0698. The summed E-state index contributed by atoms with van der Waals surface area (Å²) in [5.41, 5.74) is 3.42. The Morgan fingerprint density at radius 1 is 1.15 bits per heavy atom. The number of halogens is 1. The number of aryl methyl sites for hydroxylation is 1. The minimum atomic E-state index is -0.333. The molecule has 0 bridgehead atoms. The van der Waals surface area contributed by atoms with Crippen molar-refractivity contribution in [3.8, 4) is 16.9 Å². The first kappa shape index (κ1) is 21.1. The standard InChI is InChI=1S/C25H24FN5O2/c1-16-5-3-7-21(27-16)25(32)30-12-4-6-18(14-30)24-28-23-11-8-17(15-31(23)29-24)20-13-19(26)9-10-22(20)33-2/h3,5,7-11,13,15,18H,4,6,12,14H2,1-2H3/t18-/m1/s1. The highest BCUT2D eigenvalue weighted by molar-refractivity contribution is 5.92. The normalized spacial score (nSPS) is 16.2. The molecule has 1 amide bonds. The number of amides is 1. The Kier molecular flexibility index (Phi) is 5.50. The number of rotatable bonds is 4. The van der Waals surface area contributed by atoms with Crippen molar-refractivity contribution >= 4 is 11.6 Å². The van der Waals surface area contributed by atoms with Gasteiger partial charge < -0.3 is 9.64 Å². The lowest BCUT2D eigenvalue weighted by atomic mass is 9.97. The van der Waals surface area contributed by atoms with Gasteiger partial charge in [0.25, 0.3) is 5.91 Å². The molecule has 3 aromatic heterocycles. The number of methoxy groups -OCH3 is 1. The van der Waals surface area contributed by atoms with Crippen LogP contribution < -0.4 is 4.74 Å². The van der Waals surface area contributed by atoms with Crippen LogP contribution in [0.15, 0.2) is 54.7 Å². The predicted octanol–water partition coefficient (Wildman–Crippen LogP) is 4.27. The van der Waals surface area contributed by atoms with E-state index in [2.05, 4.69) is 4.98 Å². The van der Waals surface area contributed by atoms with Gasteiger partial charge in [-0.3, -0.25) is 4.79 Å². The van der Waals surface area contributed by atoms with Crippen LogP contribution in [0.3, 0.4) is 0 Å². The van der Waals surface area contributed by atoms with Gasteiger partial charge in [0.15, 0.2) is 11.5 Å². The van der Waals surface area contributed by atoms with E-state index in [1.54, 1.807) is 23.8 Å². The predicted molar refractivity (Wildman–Crippen MR) is 122 cm³/mol. The number of nitrogens with zero attached hydrogens (tertiary/aromatic N) is 5. The first-order valence-electron chi connectivity index (χ1n) is 10.9. The zero-order chi connectivity index (χ0) is 22.9. The summed E-state index contributed by atoms with van der Waals surface area (Å²) in [5.74, 6) is 0.933. The molecule has 7 nitrogen and oxygen atoms in total. The van der Waals surface area contributed by atoms with E-state index in [0.29, 0.717) is 41.6 Å². The van der Waals surface area contributed by atoms with Crippen LogP contribution in [-0.4, -0.2) is 50.6 Å². The molecule has 0 spiro atoms. The van der Waals surface area contributed by atoms with Gasteiger partial charge in [-0.1, -0.05) is 6.07 Å². The number of fused-ring (bicyclic) bond motifs is 1. The maximum Gasteiger partial charge on any atom is 0.272 e. The third-order valence-electron chi connectivity index (χ3n) is 6.00. The van der Waals surface area contributed by atoms with Gasteiger partial charge in [0, 0.05) is 42.0 Å². The van der Waals surface area contributed by atoms with Crippen molar-refractivity contribution in [3.05, 3.63) is 77.8 Å². The molecule has 0 N–H and O–H groups in total. The maximum atomic E-state index is 13.8. The largest absolute Gasteiger partial charge is 0.496 e. The van der Waals surface area contributed by atoms with Crippen LogP contribution in [-0.2, 0) is 0 Å². The fraction of sp³-hybridized carbons (Fsp3) is 0.280. The summed E-state index contributed by atoms with van der Waals surface area (Å²) in [6.07, 6.45) is 3.61. The van der Waals surface area contributed by atoms with E-state index in [1.807, 2.05) is 42.3 Å². The van der Waals surface area contributed by atoms with E-state index in [9.17, 15) is 9.18 Å². The second-order valence-electron chi connectivity index (χ2n) is 8.29. The summed E-state index contributed by atoms with van der Waals surface area (Å²) in [6.45, 7) is 3.13. The first-order valence-corrected chi connectivity index (χ1v) is 10.9. The molecule has 0 saturated carbocycles. The molecule has 168 valence electrons. The molecular formula is C25H24FN5O2. The van der Waals surface area contributed by atoms with E-state index in [0.717, 1.165) is 24.1 Å². The van der Waals surface area contributed by atoms with E-state index < -0.39 is 0 Å². The molecule has 1 atom stereocenters. The van der Waals surface area contributed by atoms with Crippen LogP contribution in [0.4, 0.5) is 4.39 Å². The van der Waals surface area contributed by atoms with Crippen molar-refractivity contribution in [1.29, 1.82) is 0 Å². The molecule has 8 heteroatoms. The molecule has 33 heavy (non-hydrogen) atoms. The zero-order valence-corrected chi connectivity index (χ0v) is 18.5. The fourth-order valence-corrected chi connectivity index (χ4v) is 4.33. The Bertz CT molecular complexity index is 1340. The second kappa shape index (κ2) is 8.61. The number of benzene rings is 1. The topological polar surface area (TPSA) is 72.6 Å². The number of ether oxygens (including phenoxy) is 1. The molecule has 4 heterocycles. The fourth-order valence-electron chi connectivity index (χ4n) is 4.33. The van der Waals surface area contributed by atoms with Crippen molar-refractivity contribution in [2.45, 2.75) is 25.7 Å². The molecule has 5 rings (SSSR count). The van der Waals surface area contributed by atoms with Gasteiger partial charge in [-0.25, -0.2) is 18.9 Å². The van der Waals surface area contributed by atoms with Crippen molar-refractivity contribution < 1.29 is 13.9 Å². The Labute approximate surface area is 190 Å². The third-order valence-corrected chi connectivity index (χ3v) is 6.00. The molecule has 0 unspecified atom stereocenters. The minimum absolute atomic E-state index is 0.0413. The van der Waals surface area contributed by atoms with E-state index in [4.69, 9.17) is 14.8 Å². The molecule has 1 saturated heterocycles. The lowest BCUT2D eigenvalue weighted by Crippen LogP contribution is -2.39. The number of hydrogen-bond acceptors (Lipinski definition) is 5. The van der Waals surface area contributed by atoms with Crippen LogP contribution in [0.25, 0.3) is 16.8 Å². The van der Waals surface area contributed by atoms with Gasteiger partial charge in [-0.05, 0) is 62.2 Å². The zero-order valence-electron chi connectivity index (χ0n) is 18.5. The quantitative estimate of drug-likeness (QED) is 0.469. The molecule has 0 aliphatic carbocycles. The summed E-state index contributed by atoms with van der Waals surface area (Å²) in [7, 11) is 1.56. The number of pyridine rings is 2. The molecule has 4 aromatic rings. The average molecular weight is 445 g/mol. The Balaban J connectivity index is 1.41. The molecule has 1 fully saturated rings. The first-order chi connectivity index (χ1) is 16.0. The maximum absolute atomic E-state index is 13.8.